The number of guanidine groups is 1. The van der Waals surface area contributed by atoms with Crippen LogP contribution in [0.4, 0.5) is 13.2 Å². The van der Waals surface area contributed by atoms with Crippen LogP contribution >= 0.6 is 46.9 Å². The molecule has 1 heterocycles. The molecule has 0 aliphatic rings. The first kappa shape index (κ1) is 22.0. The summed E-state index contributed by atoms with van der Waals surface area (Å²) < 4.78 is 37.6. The number of aromatic nitrogens is 1. The quantitative estimate of drug-likeness (QED) is 0.353. The highest BCUT2D eigenvalue weighted by Gasteiger charge is 2.33. The summed E-state index contributed by atoms with van der Waals surface area (Å²) in [5.41, 5.74) is 0.109. The van der Waals surface area contributed by atoms with E-state index in [-0.39, 0.29) is 30.5 Å². The van der Waals surface area contributed by atoms with Crippen molar-refractivity contribution in [3.05, 3.63) is 50.9 Å². The molecule has 1 aromatic carbocycles. The van der Waals surface area contributed by atoms with Crippen molar-refractivity contribution in [2.45, 2.75) is 26.2 Å². The molecular formula is C15H17ClF3IN4S. The van der Waals surface area contributed by atoms with E-state index in [1.54, 1.807) is 12.1 Å². The molecule has 0 amide bonds. The summed E-state index contributed by atoms with van der Waals surface area (Å²) >= 11 is 6.79. The van der Waals surface area contributed by atoms with Gasteiger partial charge in [0.05, 0.1) is 13.1 Å². The van der Waals surface area contributed by atoms with Crippen LogP contribution in [0, 0.1) is 0 Å². The van der Waals surface area contributed by atoms with Gasteiger partial charge in [0.2, 0.25) is 0 Å². The molecule has 0 aliphatic heterocycles. The molecule has 4 nitrogen and oxygen atoms in total. The molecule has 2 N–H and O–H groups in total. The molecule has 10 heteroatoms. The maximum atomic E-state index is 12.5. The van der Waals surface area contributed by atoms with E-state index in [9.17, 15) is 13.2 Å². The zero-order valence-electron chi connectivity index (χ0n) is 13.2. The summed E-state index contributed by atoms with van der Waals surface area (Å²) in [4.78, 5) is 7.97. The smallest absolute Gasteiger partial charge is 0.357 e. The highest BCUT2D eigenvalue weighted by Crippen LogP contribution is 2.29. The van der Waals surface area contributed by atoms with Crippen LogP contribution in [-0.4, -0.2) is 17.5 Å². The first-order chi connectivity index (χ1) is 11.4. The second-order valence-corrected chi connectivity index (χ2v) is 6.18. The van der Waals surface area contributed by atoms with Crippen LogP contribution in [0.5, 0.6) is 0 Å². The minimum Gasteiger partial charge on any atom is -0.357 e. The van der Waals surface area contributed by atoms with Crippen molar-refractivity contribution < 1.29 is 13.2 Å². The Morgan fingerprint density at radius 3 is 2.48 bits per heavy atom. The Hall–Kier alpha value is -1.07. The lowest BCUT2D eigenvalue weighted by atomic mass is 10.2. The molecular weight excluding hydrogens is 488 g/mol. The van der Waals surface area contributed by atoms with Crippen LogP contribution in [0.25, 0.3) is 0 Å². The number of benzene rings is 1. The molecule has 138 valence electrons. The lowest BCUT2D eigenvalue weighted by Gasteiger charge is -2.10. The van der Waals surface area contributed by atoms with Gasteiger partial charge in [0, 0.05) is 16.9 Å². The maximum Gasteiger partial charge on any atom is 0.434 e. The molecule has 0 bridgehead atoms. The van der Waals surface area contributed by atoms with Crippen molar-refractivity contribution in [3.63, 3.8) is 0 Å². The number of alkyl halides is 3. The summed E-state index contributed by atoms with van der Waals surface area (Å²) in [5.74, 6) is 0.510. The molecule has 0 unspecified atom stereocenters. The third kappa shape index (κ3) is 7.37. The lowest BCUT2D eigenvalue weighted by Crippen LogP contribution is -2.36. The number of thiazole rings is 1. The summed E-state index contributed by atoms with van der Waals surface area (Å²) in [5, 5.41) is 8.02. The lowest BCUT2D eigenvalue weighted by molar-refractivity contribution is -0.140. The molecule has 0 saturated heterocycles. The van der Waals surface area contributed by atoms with Crippen molar-refractivity contribution in [3.8, 4) is 0 Å². The Morgan fingerprint density at radius 2 is 1.92 bits per heavy atom. The van der Waals surface area contributed by atoms with E-state index in [2.05, 4.69) is 20.6 Å². The van der Waals surface area contributed by atoms with E-state index >= 15 is 0 Å². The number of aliphatic imine (C=N–C) groups is 1. The SMILES string of the molecule is CCNC(=NCc1ccc(Cl)cc1)NCc1nc(C(F)(F)F)cs1.I. The Labute approximate surface area is 169 Å². The number of nitrogens with zero attached hydrogens (tertiary/aromatic N) is 2. The zero-order valence-corrected chi connectivity index (χ0v) is 17.1. The number of nitrogens with one attached hydrogen (secondary N) is 2. The summed E-state index contributed by atoms with van der Waals surface area (Å²) in [7, 11) is 0. The van der Waals surface area contributed by atoms with E-state index in [0.717, 1.165) is 22.3 Å². The van der Waals surface area contributed by atoms with Gasteiger partial charge in [-0.2, -0.15) is 13.2 Å². The average Bonchev–Trinajstić information content (AvgIpc) is 3.01. The Kier molecular flexibility index (Phi) is 8.94. The first-order valence-corrected chi connectivity index (χ1v) is 8.42. The van der Waals surface area contributed by atoms with Gasteiger partial charge in [-0.3, -0.25) is 0 Å². The van der Waals surface area contributed by atoms with Gasteiger partial charge >= 0.3 is 6.18 Å². The van der Waals surface area contributed by atoms with Crippen molar-refractivity contribution in [2.75, 3.05) is 6.54 Å². The zero-order chi connectivity index (χ0) is 17.6. The molecule has 0 fully saturated rings. The van der Waals surface area contributed by atoms with Crippen molar-refractivity contribution in [1.29, 1.82) is 0 Å². The number of halogens is 5. The van der Waals surface area contributed by atoms with E-state index in [4.69, 9.17) is 11.6 Å². The summed E-state index contributed by atoms with van der Waals surface area (Å²) in [6.07, 6.45) is -4.41. The third-order valence-corrected chi connectivity index (χ3v) is 4.03. The van der Waals surface area contributed by atoms with Crippen LogP contribution in [0.3, 0.4) is 0 Å². The average molecular weight is 505 g/mol. The Balaban J connectivity index is 0.00000312. The van der Waals surface area contributed by atoms with Crippen LogP contribution in [0.1, 0.15) is 23.2 Å². The Bertz CT molecular complexity index is 689. The monoisotopic (exact) mass is 504 g/mol. The standard InChI is InChI=1S/C15H16ClF3N4S.HI/c1-2-20-14(21-7-10-3-5-11(16)6-4-10)22-8-13-23-12(9-24-13)15(17,18)19;/h3-6,9H,2,7-8H2,1H3,(H2,20,21,22);1H. The molecule has 1 aromatic heterocycles. The molecule has 25 heavy (non-hydrogen) atoms. The summed E-state index contributed by atoms with van der Waals surface area (Å²) in [6, 6.07) is 7.29. The second kappa shape index (κ2) is 10.2. The van der Waals surface area contributed by atoms with E-state index in [1.807, 2.05) is 19.1 Å². The molecule has 0 radical (unpaired) electrons. The predicted octanol–water partition coefficient (Wildman–Crippen LogP) is 4.69. The van der Waals surface area contributed by atoms with Gasteiger partial charge in [-0.15, -0.1) is 35.3 Å². The van der Waals surface area contributed by atoms with Crippen LogP contribution in [-0.2, 0) is 19.3 Å². The normalized spacial score (nSPS) is 11.8. The topological polar surface area (TPSA) is 49.3 Å². The highest BCUT2D eigenvalue weighted by molar-refractivity contribution is 14.0. The van der Waals surface area contributed by atoms with Gasteiger partial charge in [0.15, 0.2) is 11.7 Å². The van der Waals surface area contributed by atoms with Crippen molar-refractivity contribution in [1.82, 2.24) is 15.6 Å². The minimum atomic E-state index is -4.41. The predicted molar refractivity (Wildman–Crippen MR) is 106 cm³/mol. The van der Waals surface area contributed by atoms with Crippen molar-refractivity contribution >= 4 is 52.9 Å². The maximum absolute atomic E-state index is 12.5. The largest absolute Gasteiger partial charge is 0.434 e. The minimum absolute atomic E-state index is 0. The van der Waals surface area contributed by atoms with E-state index < -0.39 is 11.9 Å². The van der Waals surface area contributed by atoms with Crippen LogP contribution in [0.2, 0.25) is 5.02 Å². The van der Waals surface area contributed by atoms with Gasteiger partial charge < -0.3 is 10.6 Å². The number of hydrogen-bond acceptors (Lipinski definition) is 3. The van der Waals surface area contributed by atoms with Crippen molar-refractivity contribution in [2.24, 2.45) is 4.99 Å². The van der Waals surface area contributed by atoms with Gasteiger partial charge in [-0.1, -0.05) is 23.7 Å². The molecule has 0 aliphatic carbocycles. The van der Waals surface area contributed by atoms with Gasteiger partial charge in [-0.25, -0.2) is 9.98 Å². The fourth-order valence-electron chi connectivity index (χ4n) is 1.78. The molecule has 0 spiro atoms. The van der Waals surface area contributed by atoms with Gasteiger partial charge in [0.25, 0.3) is 0 Å². The van der Waals surface area contributed by atoms with Crippen LogP contribution < -0.4 is 10.6 Å². The van der Waals surface area contributed by atoms with Crippen LogP contribution in [0.15, 0.2) is 34.6 Å². The fourth-order valence-corrected chi connectivity index (χ4v) is 2.65. The van der Waals surface area contributed by atoms with Gasteiger partial charge in [-0.05, 0) is 24.6 Å². The molecule has 0 saturated carbocycles. The fraction of sp³-hybridized carbons (Fsp3) is 0.333. The van der Waals surface area contributed by atoms with Gasteiger partial charge in [0.1, 0.15) is 5.01 Å². The van der Waals surface area contributed by atoms with E-state index in [0.29, 0.717) is 29.1 Å². The van der Waals surface area contributed by atoms with E-state index in [1.165, 1.54) is 0 Å². The Morgan fingerprint density at radius 1 is 1.24 bits per heavy atom. The summed E-state index contributed by atoms with van der Waals surface area (Å²) in [6.45, 7) is 3.15. The molecule has 0 atom stereocenters. The first-order valence-electron chi connectivity index (χ1n) is 7.16. The number of hydrogen-bond donors (Lipinski definition) is 2. The number of rotatable bonds is 5. The second-order valence-electron chi connectivity index (χ2n) is 4.80. The molecule has 2 aromatic rings. The highest BCUT2D eigenvalue weighted by atomic mass is 127. The molecule has 2 rings (SSSR count). The third-order valence-electron chi connectivity index (χ3n) is 2.93.